The van der Waals surface area contributed by atoms with Crippen LogP contribution in [0.3, 0.4) is 0 Å². The van der Waals surface area contributed by atoms with Crippen LogP contribution >= 0.6 is 0 Å². The van der Waals surface area contributed by atoms with Gasteiger partial charge in [-0.25, -0.2) is 0 Å². The van der Waals surface area contributed by atoms with Gasteiger partial charge in [-0.3, -0.25) is 4.68 Å². The molecule has 4 nitrogen and oxygen atoms in total. The molecule has 0 fully saturated rings. The standard InChI is InChI=1S/C20H22N2O2/c1-15(2)22-20(10-11-21-22)19-9-8-18(12-17(19)13-23)24-14-16-6-4-3-5-7-16/h3-12,15,23H,13-14H2,1-2H3. The maximum absolute atomic E-state index is 9.77. The van der Waals surface area contributed by atoms with Crippen molar-refractivity contribution in [3.63, 3.8) is 0 Å². The molecule has 3 rings (SSSR count). The van der Waals surface area contributed by atoms with Crippen LogP contribution in [0.2, 0.25) is 0 Å². The summed E-state index contributed by atoms with van der Waals surface area (Å²) in [5, 5.41) is 14.1. The zero-order valence-corrected chi connectivity index (χ0v) is 14.0. The molecule has 0 radical (unpaired) electrons. The van der Waals surface area contributed by atoms with Crippen molar-refractivity contribution in [2.45, 2.75) is 33.1 Å². The highest BCUT2D eigenvalue weighted by Gasteiger charge is 2.13. The van der Waals surface area contributed by atoms with E-state index in [1.165, 1.54) is 0 Å². The van der Waals surface area contributed by atoms with Crippen LogP contribution in [0.4, 0.5) is 0 Å². The second-order valence-electron chi connectivity index (χ2n) is 6.01. The van der Waals surface area contributed by atoms with Crippen LogP contribution in [0, 0.1) is 0 Å². The molecule has 0 saturated heterocycles. The molecule has 0 bridgehead atoms. The quantitative estimate of drug-likeness (QED) is 0.740. The van der Waals surface area contributed by atoms with Crippen molar-refractivity contribution in [3.05, 3.63) is 71.9 Å². The molecule has 1 N–H and O–H groups in total. The predicted molar refractivity (Wildman–Crippen MR) is 94.7 cm³/mol. The van der Waals surface area contributed by atoms with E-state index in [0.29, 0.717) is 6.61 Å². The lowest BCUT2D eigenvalue weighted by Gasteiger charge is -2.15. The Balaban J connectivity index is 1.84. The summed E-state index contributed by atoms with van der Waals surface area (Å²) in [6.07, 6.45) is 1.79. The highest BCUT2D eigenvalue weighted by Crippen LogP contribution is 2.29. The second-order valence-corrected chi connectivity index (χ2v) is 6.01. The Labute approximate surface area is 142 Å². The Bertz CT molecular complexity index is 794. The van der Waals surface area contributed by atoms with Crippen molar-refractivity contribution in [2.24, 2.45) is 0 Å². The van der Waals surface area contributed by atoms with Crippen molar-refractivity contribution in [2.75, 3.05) is 0 Å². The molecule has 0 aliphatic carbocycles. The van der Waals surface area contributed by atoms with Crippen LogP contribution in [0.1, 0.15) is 31.0 Å². The molecule has 0 unspecified atom stereocenters. The molecular weight excluding hydrogens is 300 g/mol. The topological polar surface area (TPSA) is 47.3 Å². The van der Waals surface area contributed by atoms with Gasteiger partial charge in [0.1, 0.15) is 12.4 Å². The predicted octanol–water partition coefficient (Wildman–Crippen LogP) is 4.20. The molecule has 0 aliphatic heterocycles. The Kier molecular flexibility index (Phi) is 4.96. The summed E-state index contributed by atoms with van der Waals surface area (Å²) in [5.74, 6) is 0.752. The summed E-state index contributed by atoms with van der Waals surface area (Å²) in [5.41, 5.74) is 3.94. The zero-order valence-electron chi connectivity index (χ0n) is 14.0. The molecule has 24 heavy (non-hydrogen) atoms. The number of rotatable bonds is 6. The maximum Gasteiger partial charge on any atom is 0.120 e. The minimum Gasteiger partial charge on any atom is -0.489 e. The molecule has 0 aliphatic rings. The molecular formula is C20H22N2O2. The lowest BCUT2D eigenvalue weighted by Crippen LogP contribution is -2.06. The Morgan fingerprint density at radius 2 is 1.88 bits per heavy atom. The summed E-state index contributed by atoms with van der Waals surface area (Å²) in [6.45, 7) is 4.65. The van der Waals surface area contributed by atoms with Crippen molar-refractivity contribution in [1.82, 2.24) is 9.78 Å². The molecule has 2 aromatic carbocycles. The van der Waals surface area contributed by atoms with E-state index in [1.807, 2.05) is 59.3 Å². The smallest absolute Gasteiger partial charge is 0.120 e. The Morgan fingerprint density at radius 1 is 1.08 bits per heavy atom. The summed E-state index contributed by atoms with van der Waals surface area (Å²) >= 11 is 0. The molecule has 1 aromatic heterocycles. The molecule has 0 atom stereocenters. The number of aliphatic hydroxyl groups excluding tert-OH is 1. The summed E-state index contributed by atoms with van der Waals surface area (Å²) in [4.78, 5) is 0. The Morgan fingerprint density at radius 3 is 2.58 bits per heavy atom. The molecule has 1 heterocycles. The molecule has 0 amide bonds. The number of ether oxygens (including phenoxy) is 1. The van der Waals surface area contributed by atoms with E-state index in [9.17, 15) is 5.11 Å². The molecule has 4 heteroatoms. The fraction of sp³-hybridized carbons (Fsp3) is 0.250. The second kappa shape index (κ2) is 7.32. The van der Waals surface area contributed by atoms with E-state index < -0.39 is 0 Å². The van der Waals surface area contributed by atoms with Crippen LogP contribution in [-0.2, 0) is 13.2 Å². The summed E-state index contributed by atoms with van der Waals surface area (Å²) in [7, 11) is 0. The number of hydrogen-bond donors (Lipinski definition) is 1. The first-order valence-electron chi connectivity index (χ1n) is 8.13. The molecule has 3 aromatic rings. The van der Waals surface area contributed by atoms with Crippen LogP contribution < -0.4 is 4.74 Å². The highest BCUT2D eigenvalue weighted by atomic mass is 16.5. The normalized spacial score (nSPS) is 11.0. The van der Waals surface area contributed by atoms with Gasteiger partial charge in [-0.05, 0) is 49.2 Å². The number of benzene rings is 2. The van der Waals surface area contributed by atoms with E-state index in [-0.39, 0.29) is 12.6 Å². The number of hydrogen-bond acceptors (Lipinski definition) is 3. The highest BCUT2D eigenvalue weighted by molar-refractivity contribution is 5.65. The van der Waals surface area contributed by atoms with Crippen molar-refractivity contribution >= 4 is 0 Å². The van der Waals surface area contributed by atoms with Crippen molar-refractivity contribution in [1.29, 1.82) is 0 Å². The monoisotopic (exact) mass is 322 g/mol. The lowest BCUT2D eigenvalue weighted by molar-refractivity contribution is 0.278. The Hall–Kier alpha value is -2.59. The SMILES string of the molecule is CC(C)n1nccc1-c1ccc(OCc2ccccc2)cc1CO. The van der Waals surface area contributed by atoms with Gasteiger partial charge in [-0.15, -0.1) is 0 Å². The third-order valence-corrected chi connectivity index (χ3v) is 3.93. The lowest BCUT2D eigenvalue weighted by atomic mass is 10.0. The van der Waals surface area contributed by atoms with Crippen LogP contribution in [0.5, 0.6) is 5.75 Å². The van der Waals surface area contributed by atoms with Gasteiger partial charge in [0.2, 0.25) is 0 Å². The van der Waals surface area contributed by atoms with Crippen LogP contribution in [0.15, 0.2) is 60.8 Å². The maximum atomic E-state index is 9.77. The first-order valence-corrected chi connectivity index (χ1v) is 8.13. The van der Waals surface area contributed by atoms with E-state index in [4.69, 9.17) is 4.74 Å². The minimum atomic E-state index is -0.0405. The summed E-state index contributed by atoms with van der Waals surface area (Å²) in [6, 6.07) is 18.1. The average Bonchev–Trinajstić information content (AvgIpc) is 3.10. The van der Waals surface area contributed by atoms with Gasteiger partial charge >= 0.3 is 0 Å². The zero-order chi connectivity index (χ0) is 16.9. The number of aromatic nitrogens is 2. The third-order valence-electron chi connectivity index (χ3n) is 3.93. The van der Waals surface area contributed by atoms with Crippen molar-refractivity contribution in [3.8, 4) is 17.0 Å². The van der Waals surface area contributed by atoms with Gasteiger partial charge in [-0.2, -0.15) is 5.10 Å². The number of nitrogens with zero attached hydrogens (tertiary/aromatic N) is 2. The molecule has 124 valence electrons. The minimum absolute atomic E-state index is 0.0405. The molecule has 0 saturated carbocycles. The largest absolute Gasteiger partial charge is 0.489 e. The third kappa shape index (κ3) is 3.49. The summed E-state index contributed by atoms with van der Waals surface area (Å²) < 4.78 is 7.81. The van der Waals surface area contributed by atoms with Crippen LogP contribution in [0.25, 0.3) is 11.3 Å². The van der Waals surface area contributed by atoms with Gasteiger partial charge in [0.05, 0.1) is 12.3 Å². The van der Waals surface area contributed by atoms with Crippen molar-refractivity contribution < 1.29 is 9.84 Å². The van der Waals surface area contributed by atoms with Gasteiger partial charge in [0.15, 0.2) is 0 Å². The number of aliphatic hydroxyl groups is 1. The van der Waals surface area contributed by atoms with E-state index >= 15 is 0 Å². The fourth-order valence-electron chi connectivity index (χ4n) is 2.72. The van der Waals surface area contributed by atoms with Gasteiger partial charge in [-0.1, -0.05) is 30.3 Å². The molecule has 0 spiro atoms. The first kappa shape index (κ1) is 16.3. The van der Waals surface area contributed by atoms with Gasteiger partial charge < -0.3 is 9.84 Å². The van der Waals surface area contributed by atoms with E-state index in [2.05, 4.69) is 18.9 Å². The van der Waals surface area contributed by atoms with Gasteiger partial charge in [0.25, 0.3) is 0 Å². The van der Waals surface area contributed by atoms with Crippen LogP contribution in [-0.4, -0.2) is 14.9 Å². The average molecular weight is 322 g/mol. The van der Waals surface area contributed by atoms with E-state index in [1.54, 1.807) is 6.20 Å². The van der Waals surface area contributed by atoms with E-state index in [0.717, 1.165) is 28.1 Å². The first-order chi connectivity index (χ1) is 11.7. The van der Waals surface area contributed by atoms with Gasteiger partial charge in [0, 0.05) is 17.8 Å². The fourth-order valence-corrected chi connectivity index (χ4v) is 2.72.